The van der Waals surface area contributed by atoms with Crippen LogP contribution in [0, 0.1) is 0 Å². The number of H-pyrrole nitrogens is 1. The maximum absolute atomic E-state index is 12.7. The van der Waals surface area contributed by atoms with E-state index in [9.17, 15) is 18.0 Å². The fourth-order valence-electron chi connectivity index (χ4n) is 3.09. The lowest BCUT2D eigenvalue weighted by atomic mass is 10.1. The molecule has 0 aliphatic heterocycles. The van der Waals surface area contributed by atoms with Crippen molar-refractivity contribution in [3.05, 3.63) is 84.1 Å². The number of benzene rings is 3. The molecule has 1 heterocycles. The van der Waals surface area contributed by atoms with Gasteiger partial charge in [0.05, 0.1) is 29.3 Å². The maximum atomic E-state index is 12.7. The molecule has 0 saturated heterocycles. The number of nitrogens with zero attached hydrogens (tertiary/aromatic N) is 1. The van der Waals surface area contributed by atoms with E-state index in [0.29, 0.717) is 22.5 Å². The number of hydrogen-bond donors (Lipinski definition) is 4. The fraction of sp³-hybridized carbons (Fsp3) is 0.0455. The van der Waals surface area contributed by atoms with Gasteiger partial charge in [-0.15, -0.1) is 0 Å². The Labute approximate surface area is 189 Å². The highest BCUT2D eigenvalue weighted by Gasteiger charge is 2.18. The summed E-state index contributed by atoms with van der Waals surface area (Å²) in [5.74, 6) is -0.646. The Morgan fingerprint density at radius 1 is 0.939 bits per heavy atom. The van der Waals surface area contributed by atoms with Crippen molar-refractivity contribution in [1.29, 1.82) is 0 Å². The quantitative estimate of drug-likeness (QED) is 0.322. The van der Waals surface area contributed by atoms with Gasteiger partial charge in [-0.2, -0.15) is 5.10 Å². The van der Waals surface area contributed by atoms with E-state index in [-0.39, 0.29) is 10.5 Å². The van der Waals surface area contributed by atoms with Gasteiger partial charge in [-0.25, -0.2) is 8.42 Å². The highest BCUT2D eigenvalue weighted by Crippen LogP contribution is 2.20. The van der Waals surface area contributed by atoms with Crippen molar-refractivity contribution < 1.29 is 22.7 Å². The number of aromatic amines is 1. The molecule has 10 nitrogen and oxygen atoms in total. The van der Waals surface area contributed by atoms with Crippen molar-refractivity contribution in [2.24, 2.45) is 0 Å². The van der Waals surface area contributed by atoms with Gasteiger partial charge in [0.2, 0.25) is 0 Å². The summed E-state index contributed by atoms with van der Waals surface area (Å²) >= 11 is 0. The summed E-state index contributed by atoms with van der Waals surface area (Å²) in [6.45, 7) is 0. The first-order valence-electron chi connectivity index (χ1n) is 9.67. The second kappa shape index (κ2) is 9.01. The summed E-state index contributed by atoms with van der Waals surface area (Å²) in [7, 11) is -2.44. The van der Waals surface area contributed by atoms with Crippen LogP contribution in [0.2, 0.25) is 0 Å². The van der Waals surface area contributed by atoms with Crippen LogP contribution in [0.3, 0.4) is 0 Å². The van der Waals surface area contributed by atoms with Crippen LogP contribution in [0.15, 0.2) is 77.8 Å². The highest BCUT2D eigenvalue weighted by molar-refractivity contribution is 7.92. The van der Waals surface area contributed by atoms with E-state index in [0.717, 1.165) is 5.39 Å². The molecule has 0 atom stereocenters. The number of anilines is 1. The zero-order valence-corrected chi connectivity index (χ0v) is 18.1. The smallest absolute Gasteiger partial charge is 0.271 e. The van der Waals surface area contributed by atoms with Crippen LogP contribution in [-0.4, -0.2) is 37.5 Å². The van der Waals surface area contributed by atoms with E-state index in [1.807, 2.05) is 0 Å². The van der Waals surface area contributed by atoms with E-state index < -0.39 is 21.8 Å². The number of methoxy groups -OCH3 is 1. The van der Waals surface area contributed by atoms with Gasteiger partial charge in [0.1, 0.15) is 5.75 Å². The summed E-state index contributed by atoms with van der Waals surface area (Å²) in [5, 5.41) is 7.38. The summed E-state index contributed by atoms with van der Waals surface area (Å²) in [6, 6.07) is 16.9. The molecule has 0 aliphatic carbocycles. The lowest BCUT2D eigenvalue weighted by Crippen LogP contribution is -2.41. The largest absolute Gasteiger partial charge is 0.497 e. The average Bonchev–Trinajstić information content (AvgIpc) is 3.32. The van der Waals surface area contributed by atoms with E-state index in [2.05, 4.69) is 25.8 Å². The van der Waals surface area contributed by atoms with E-state index in [4.69, 9.17) is 4.74 Å². The minimum Gasteiger partial charge on any atom is -0.497 e. The molecule has 4 N–H and O–H groups in total. The summed E-state index contributed by atoms with van der Waals surface area (Å²) in [4.78, 5) is 24.9. The zero-order valence-electron chi connectivity index (χ0n) is 17.3. The lowest BCUT2D eigenvalue weighted by molar-refractivity contribution is 0.0847. The van der Waals surface area contributed by atoms with Gasteiger partial charge in [0, 0.05) is 16.6 Å². The Kier molecular flexibility index (Phi) is 5.96. The molecule has 11 heteroatoms. The maximum Gasteiger partial charge on any atom is 0.271 e. The predicted octanol–water partition coefficient (Wildman–Crippen LogP) is 2.45. The fourth-order valence-corrected chi connectivity index (χ4v) is 4.19. The van der Waals surface area contributed by atoms with Crippen molar-refractivity contribution in [2.45, 2.75) is 4.90 Å². The number of carbonyl (C=O) groups excluding carboxylic acids is 2. The third kappa shape index (κ3) is 4.77. The Balaban J connectivity index is 1.45. The van der Waals surface area contributed by atoms with Gasteiger partial charge in [-0.1, -0.05) is 18.2 Å². The number of ether oxygens (including phenoxy) is 1. The van der Waals surface area contributed by atoms with Crippen LogP contribution in [0.4, 0.5) is 5.69 Å². The number of sulfonamides is 1. The Morgan fingerprint density at radius 2 is 1.67 bits per heavy atom. The summed E-state index contributed by atoms with van der Waals surface area (Å²) < 4.78 is 33.0. The molecule has 0 fully saturated rings. The molecule has 2 amide bonds. The Morgan fingerprint density at radius 3 is 2.42 bits per heavy atom. The topological polar surface area (TPSA) is 142 Å². The molecular weight excluding hydrogens is 446 g/mol. The highest BCUT2D eigenvalue weighted by atomic mass is 32.2. The molecule has 33 heavy (non-hydrogen) atoms. The molecule has 3 aromatic carbocycles. The van der Waals surface area contributed by atoms with Crippen LogP contribution in [0.1, 0.15) is 20.7 Å². The molecule has 0 spiro atoms. The third-order valence-electron chi connectivity index (χ3n) is 4.76. The van der Waals surface area contributed by atoms with E-state index in [1.54, 1.807) is 48.7 Å². The molecule has 1 aromatic heterocycles. The number of amides is 2. The third-order valence-corrected chi connectivity index (χ3v) is 6.14. The number of nitrogens with one attached hydrogen (secondary N) is 4. The molecule has 0 unspecified atom stereocenters. The minimum atomic E-state index is -3.95. The molecule has 4 rings (SSSR count). The number of hydrazine groups is 1. The van der Waals surface area contributed by atoms with Crippen molar-refractivity contribution in [3.63, 3.8) is 0 Å². The van der Waals surface area contributed by atoms with Crippen molar-refractivity contribution in [2.75, 3.05) is 11.8 Å². The van der Waals surface area contributed by atoms with Gasteiger partial charge in [0.15, 0.2) is 0 Å². The minimum absolute atomic E-state index is 0.0488. The van der Waals surface area contributed by atoms with Crippen molar-refractivity contribution >= 4 is 38.4 Å². The van der Waals surface area contributed by atoms with Gasteiger partial charge < -0.3 is 4.74 Å². The number of fused-ring (bicyclic) bond motifs is 1. The van der Waals surface area contributed by atoms with Gasteiger partial charge in [0.25, 0.3) is 21.8 Å². The van der Waals surface area contributed by atoms with Gasteiger partial charge in [-0.05, 0) is 48.5 Å². The van der Waals surface area contributed by atoms with Gasteiger partial charge in [-0.3, -0.25) is 30.3 Å². The molecule has 0 aliphatic rings. The molecule has 0 radical (unpaired) electrons. The first-order valence-corrected chi connectivity index (χ1v) is 11.2. The van der Waals surface area contributed by atoms with Crippen molar-refractivity contribution in [1.82, 2.24) is 21.0 Å². The second-order valence-electron chi connectivity index (χ2n) is 6.91. The molecule has 0 bridgehead atoms. The first kappa shape index (κ1) is 21.8. The standard InChI is InChI=1S/C22H19N5O5S/c1-32-17-10-8-16(9-11-17)27-33(30,31)18-6-2-4-14(12-18)21(28)25-26-22(29)19-7-3-5-15-13-23-24-20(15)19/h2-13,27H,1H3,(H,23,24)(H,25,28)(H,26,29). The van der Waals surface area contributed by atoms with E-state index >= 15 is 0 Å². The zero-order chi connectivity index (χ0) is 23.4. The average molecular weight is 465 g/mol. The first-order chi connectivity index (χ1) is 15.9. The van der Waals surface area contributed by atoms with Crippen LogP contribution in [0.25, 0.3) is 10.9 Å². The van der Waals surface area contributed by atoms with E-state index in [1.165, 1.54) is 31.4 Å². The lowest BCUT2D eigenvalue weighted by Gasteiger charge is -2.11. The second-order valence-corrected chi connectivity index (χ2v) is 8.59. The summed E-state index contributed by atoms with van der Waals surface area (Å²) in [6.07, 6.45) is 1.58. The summed E-state index contributed by atoms with van der Waals surface area (Å²) in [5.41, 5.74) is 5.83. The molecule has 0 saturated carbocycles. The molecule has 4 aromatic rings. The Bertz CT molecular complexity index is 1430. The molecule has 168 valence electrons. The number of aromatic nitrogens is 2. The number of carbonyl (C=O) groups is 2. The molecular formula is C22H19N5O5S. The van der Waals surface area contributed by atoms with Crippen LogP contribution >= 0.6 is 0 Å². The predicted molar refractivity (Wildman–Crippen MR) is 121 cm³/mol. The normalized spacial score (nSPS) is 11.1. The van der Waals surface area contributed by atoms with Gasteiger partial charge >= 0.3 is 0 Å². The number of hydrogen-bond acceptors (Lipinski definition) is 6. The van der Waals surface area contributed by atoms with Crippen molar-refractivity contribution in [3.8, 4) is 5.75 Å². The van der Waals surface area contributed by atoms with Crippen LogP contribution in [-0.2, 0) is 10.0 Å². The van der Waals surface area contributed by atoms with Crippen LogP contribution < -0.4 is 20.3 Å². The Hall–Kier alpha value is -4.38. The monoisotopic (exact) mass is 465 g/mol. The number of para-hydroxylation sites is 1. The SMILES string of the molecule is COc1ccc(NS(=O)(=O)c2cccc(C(=O)NNC(=O)c3cccc4cn[nH]c34)c2)cc1. The van der Waals surface area contributed by atoms with Crippen LogP contribution in [0.5, 0.6) is 5.75 Å². The number of rotatable bonds is 6.